The van der Waals surface area contributed by atoms with Crippen LogP contribution in [0.1, 0.15) is 32.6 Å². The molecule has 2 aliphatic rings. The lowest BCUT2D eigenvalue weighted by atomic mass is 10.00. The van der Waals surface area contributed by atoms with E-state index in [1.165, 1.54) is 0 Å². The summed E-state index contributed by atoms with van der Waals surface area (Å²) in [6.07, 6.45) is 3.08. The third-order valence-corrected chi connectivity index (χ3v) is 3.97. The van der Waals surface area contributed by atoms with E-state index in [4.69, 9.17) is 9.47 Å². The molecule has 0 aliphatic carbocycles. The summed E-state index contributed by atoms with van der Waals surface area (Å²) in [4.78, 5) is 25.5. The molecule has 0 aromatic rings. The minimum absolute atomic E-state index is 0.0756. The van der Waals surface area contributed by atoms with Gasteiger partial charge in [0.15, 0.2) is 0 Å². The van der Waals surface area contributed by atoms with Gasteiger partial charge < -0.3 is 19.5 Å². The molecule has 0 radical (unpaired) electrons. The van der Waals surface area contributed by atoms with Gasteiger partial charge in [0.1, 0.15) is 12.0 Å². The molecule has 3 atom stereocenters. The second-order valence-electron chi connectivity index (χ2n) is 5.44. The summed E-state index contributed by atoms with van der Waals surface area (Å²) in [7, 11) is 0. The maximum Gasteiger partial charge on any atom is 0.311 e. The fraction of sp³-hybridized carbons (Fsp3) is 0.857. The van der Waals surface area contributed by atoms with E-state index in [-0.39, 0.29) is 18.6 Å². The molecule has 0 aromatic heterocycles. The Balaban J connectivity index is 2.08. The molecule has 2 rings (SSSR count). The average molecular weight is 285 g/mol. The molecule has 2 fully saturated rings. The van der Waals surface area contributed by atoms with Gasteiger partial charge in [0.2, 0.25) is 0 Å². The van der Waals surface area contributed by atoms with Crippen LogP contribution >= 0.6 is 0 Å². The summed E-state index contributed by atoms with van der Waals surface area (Å²) < 4.78 is 10.8. The van der Waals surface area contributed by atoms with E-state index < -0.39 is 18.0 Å². The maximum atomic E-state index is 12.6. The normalized spacial score (nSPS) is 30.1. The van der Waals surface area contributed by atoms with Crippen molar-refractivity contribution < 1.29 is 24.2 Å². The smallest absolute Gasteiger partial charge is 0.311 e. The molecule has 1 N–H and O–H groups in total. The predicted molar refractivity (Wildman–Crippen MR) is 71.3 cm³/mol. The van der Waals surface area contributed by atoms with E-state index in [0.29, 0.717) is 19.8 Å². The van der Waals surface area contributed by atoms with E-state index >= 15 is 0 Å². The third-order valence-electron chi connectivity index (χ3n) is 3.97. The molecule has 6 nitrogen and oxygen atoms in total. The van der Waals surface area contributed by atoms with Crippen LogP contribution in [0.5, 0.6) is 0 Å². The Kier molecular flexibility index (Phi) is 5.37. The standard InChI is InChI=1S/C14H23NO5/c1-2-6-15(11-9-19-8-10(11)14(17)18)13(16)12-5-3-4-7-20-12/h10-12H,2-9H2,1H3,(H,17,18). The fourth-order valence-corrected chi connectivity index (χ4v) is 2.89. The van der Waals surface area contributed by atoms with E-state index in [0.717, 1.165) is 25.7 Å². The summed E-state index contributed by atoms with van der Waals surface area (Å²) in [6.45, 7) is 3.62. The van der Waals surface area contributed by atoms with Crippen molar-refractivity contribution in [1.29, 1.82) is 0 Å². The van der Waals surface area contributed by atoms with Crippen molar-refractivity contribution in [2.24, 2.45) is 5.92 Å². The molecule has 0 bridgehead atoms. The first-order valence-electron chi connectivity index (χ1n) is 7.37. The summed E-state index contributed by atoms with van der Waals surface area (Å²) in [5.74, 6) is -1.60. The van der Waals surface area contributed by atoms with Crippen LogP contribution in [0, 0.1) is 5.92 Å². The van der Waals surface area contributed by atoms with Gasteiger partial charge in [-0.05, 0) is 25.7 Å². The van der Waals surface area contributed by atoms with Crippen molar-refractivity contribution in [2.75, 3.05) is 26.4 Å². The number of ether oxygens (including phenoxy) is 2. The highest BCUT2D eigenvalue weighted by Gasteiger charge is 2.41. The number of aliphatic carboxylic acids is 1. The summed E-state index contributed by atoms with van der Waals surface area (Å²) >= 11 is 0. The van der Waals surface area contributed by atoms with Gasteiger partial charge >= 0.3 is 5.97 Å². The highest BCUT2D eigenvalue weighted by molar-refractivity contribution is 5.82. The number of carboxylic acids is 1. The molecule has 1 amide bonds. The Bertz CT molecular complexity index is 353. The lowest BCUT2D eigenvalue weighted by Gasteiger charge is -2.34. The number of nitrogens with zero attached hydrogens (tertiary/aromatic N) is 1. The van der Waals surface area contributed by atoms with Crippen molar-refractivity contribution >= 4 is 11.9 Å². The van der Waals surface area contributed by atoms with Gasteiger partial charge in [-0.15, -0.1) is 0 Å². The van der Waals surface area contributed by atoms with E-state index in [9.17, 15) is 14.7 Å². The zero-order valence-electron chi connectivity index (χ0n) is 11.9. The SMILES string of the molecule is CCCN(C(=O)C1CCCCO1)C1COCC1C(=O)O. The average Bonchev–Trinajstić information content (AvgIpc) is 2.94. The van der Waals surface area contributed by atoms with E-state index in [1.807, 2.05) is 6.92 Å². The van der Waals surface area contributed by atoms with Crippen LogP contribution in [0.3, 0.4) is 0 Å². The van der Waals surface area contributed by atoms with Crippen LogP contribution in [0.4, 0.5) is 0 Å². The first-order valence-corrected chi connectivity index (χ1v) is 7.37. The molecule has 3 unspecified atom stereocenters. The summed E-state index contributed by atoms with van der Waals surface area (Å²) in [5, 5.41) is 9.24. The van der Waals surface area contributed by atoms with Gasteiger partial charge in [-0.1, -0.05) is 6.92 Å². The van der Waals surface area contributed by atoms with Crippen molar-refractivity contribution in [1.82, 2.24) is 4.90 Å². The molecule has 0 aromatic carbocycles. The number of carboxylic acid groups (broad SMARTS) is 1. The number of hydrogen-bond acceptors (Lipinski definition) is 4. The molecule has 0 spiro atoms. The number of hydrogen-bond donors (Lipinski definition) is 1. The maximum absolute atomic E-state index is 12.6. The van der Waals surface area contributed by atoms with Gasteiger partial charge in [0.05, 0.1) is 19.3 Å². The summed E-state index contributed by atoms with van der Waals surface area (Å²) in [6, 6.07) is -0.370. The lowest BCUT2D eigenvalue weighted by Crippen LogP contribution is -2.51. The molecule has 0 saturated carbocycles. The van der Waals surface area contributed by atoms with Crippen LogP contribution < -0.4 is 0 Å². The molecular weight excluding hydrogens is 262 g/mol. The molecule has 2 saturated heterocycles. The van der Waals surface area contributed by atoms with Crippen LogP contribution in [-0.4, -0.2) is 60.4 Å². The highest BCUT2D eigenvalue weighted by Crippen LogP contribution is 2.24. The third kappa shape index (κ3) is 3.30. The Morgan fingerprint density at radius 1 is 1.30 bits per heavy atom. The predicted octanol–water partition coefficient (Wildman–Crippen LogP) is 0.894. The zero-order valence-corrected chi connectivity index (χ0v) is 11.9. The number of carbonyl (C=O) groups excluding carboxylic acids is 1. The van der Waals surface area contributed by atoms with Gasteiger partial charge in [-0.3, -0.25) is 9.59 Å². The number of amides is 1. The van der Waals surface area contributed by atoms with Crippen LogP contribution in [0.2, 0.25) is 0 Å². The first kappa shape index (κ1) is 15.3. The van der Waals surface area contributed by atoms with E-state index in [1.54, 1.807) is 4.90 Å². The van der Waals surface area contributed by atoms with Gasteiger partial charge in [0, 0.05) is 13.2 Å². The second kappa shape index (κ2) is 7.04. The Morgan fingerprint density at radius 3 is 2.70 bits per heavy atom. The van der Waals surface area contributed by atoms with Crippen molar-refractivity contribution in [2.45, 2.75) is 44.8 Å². The molecule has 2 heterocycles. The van der Waals surface area contributed by atoms with Crippen molar-refractivity contribution in [3.8, 4) is 0 Å². The lowest BCUT2D eigenvalue weighted by molar-refractivity contribution is -0.152. The highest BCUT2D eigenvalue weighted by atomic mass is 16.5. The quantitative estimate of drug-likeness (QED) is 0.812. The Hall–Kier alpha value is -1.14. The van der Waals surface area contributed by atoms with Crippen LogP contribution in [-0.2, 0) is 19.1 Å². The molecule has 114 valence electrons. The topological polar surface area (TPSA) is 76.1 Å². The van der Waals surface area contributed by atoms with Crippen LogP contribution in [0.25, 0.3) is 0 Å². The minimum atomic E-state index is -0.897. The van der Waals surface area contributed by atoms with Gasteiger partial charge in [-0.2, -0.15) is 0 Å². The monoisotopic (exact) mass is 285 g/mol. The van der Waals surface area contributed by atoms with Crippen molar-refractivity contribution in [3.63, 3.8) is 0 Å². The Labute approximate surface area is 119 Å². The number of carbonyl (C=O) groups is 2. The largest absolute Gasteiger partial charge is 0.481 e. The fourth-order valence-electron chi connectivity index (χ4n) is 2.89. The van der Waals surface area contributed by atoms with Gasteiger partial charge in [-0.25, -0.2) is 0 Å². The molecular formula is C14H23NO5. The first-order chi connectivity index (χ1) is 9.65. The molecule has 6 heteroatoms. The van der Waals surface area contributed by atoms with Gasteiger partial charge in [0.25, 0.3) is 5.91 Å². The zero-order chi connectivity index (χ0) is 14.5. The molecule has 20 heavy (non-hydrogen) atoms. The second-order valence-corrected chi connectivity index (χ2v) is 5.44. The Morgan fingerprint density at radius 2 is 2.10 bits per heavy atom. The van der Waals surface area contributed by atoms with E-state index in [2.05, 4.69) is 0 Å². The minimum Gasteiger partial charge on any atom is -0.481 e. The van der Waals surface area contributed by atoms with Crippen molar-refractivity contribution in [3.05, 3.63) is 0 Å². The van der Waals surface area contributed by atoms with Crippen LogP contribution in [0.15, 0.2) is 0 Å². The molecule has 2 aliphatic heterocycles. The number of rotatable bonds is 5. The summed E-state index contributed by atoms with van der Waals surface area (Å²) in [5.41, 5.74) is 0.